The Labute approximate surface area is 159 Å². The van der Waals surface area contributed by atoms with Gasteiger partial charge in [0, 0.05) is 31.3 Å². The van der Waals surface area contributed by atoms with Crippen molar-refractivity contribution in [2.45, 2.75) is 45.6 Å². The number of hydrogen-bond acceptors (Lipinski definition) is 6. The number of ether oxygens (including phenoxy) is 2. The van der Waals surface area contributed by atoms with Crippen LogP contribution in [0, 0.1) is 17.2 Å². The van der Waals surface area contributed by atoms with E-state index in [9.17, 15) is 9.59 Å². The summed E-state index contributed by atoms with van der Waals surface area (Å²) in [5.74, 6) is -0.0211. The van der Waals surface area contributed by atoms with Gasteiger partial charge in [-0.2, -0.15) is 5.26 Å². The number of esters is 1. The van der Waals surface area contributed by atoms with E-state index in [1.54, 1.807) is 11.0 Å². The van der Waals surface area contributed by atoms with Gasteiger partial charge in [-0.1, -0.05) is 6.58 Å². The number of piperidine rings is 1. The predicted molar refractivity (Wildman–Crippen MR) is 99.2 cm³/mol. The van der Waals surface area contributed by atoms with E-state index in [2.05, 4.69) is 11.6 Å². The summed E-state index contributed by atoms with van der Waals surface area (Å²) in [6.07, 6.45) is 2.85. The lowest BCUT2D eigenvalue weighted by Gasteiger charge is -2.33. The first-order chi connectivity index (χ1) is 12.7. The number of likely N-dealkylation sites (tertiary alicyclic amines) is 1. The van der Waals surface area contributed by atoms with Crippen molar-refractivity contribution in [2.24, 2.45) is 5.92 Å². The number of rotatable bonds is 4. The fourth-order valence-electron chi connectivity index (χ4n) is 2.78. The minimum absolute atomic E-state index is 0.149. The number of aromatic nitrogens is 1. The van der Waals surface area contributed by atoms with Gasteiger partial charge in [0.05, 0.1) is 0 Å². The summed E-state index contributed by atoms with van der Waals surface area (Å²) in [7, 11) is 0. The van der Waals surface area contributed by atoms with Crippen molar-refractivity contribution in [1.82, 2.24) is 9.88 Å². The molecular formula is C20H25N3O4. The van der Waals surface area contributed by atoms with Crippen LogP contribution in [0.5, 0.6) is 0 Å². The van der Waals surface area contributed by atoms with Gasteiger partial charge in [-0.15, -0.1) is 0 Å². The van der Waals surface area contributed by atoms with Crippen LogP contribution in [0.3, 0.4) is 0 Å². The fraction of sp³-hybridized carbons (Fsp3) is 0.500. The van der Waals surface area contributed by atoms with Crippen LogP contribution >= 0.6 is 0 Å². The number of hydrogen-bond donors (Lipinski definition) is 0. The predicted octanol–water partition coefficient (Wildman–Crippen LogP) is 3.50. The van der Waals surface area contributed by atoms with Crippen LogP contribution in [0.4, 0.5) is 4.79 Å². The summed E-state index contributed by atoms with van der Waals surface area (Å²) in [4.78, 5) is 29.8. The highest BCUT2D eigenvalue weighted by atomic mass is 16.6. The molecule has 1 aromatic heterocycles. The lowest BCUT2D eigenvalue weighted by molar-refractivity contribution is -0.138. The first-order valence-electron chi connectivity index (χ1n) is 8.92. The molecular weight excluding hydrogens is 346 g/mol. The molecule has 1 aromatic rings. The molecule has 0 spiro atoms. The summed E-state index contributed by atoms with van der Waals surface area (Å²) >= 11 is 0. The lowest BCUT2D eigenvalue weighted by atomic mass is 9.94. The summed E-state index contributed by atoms with van der Waals surface area (Å²) in [6.45, 7) is 10.4. The quantitative estimate of drug-likeness (QED) is 0.594. The Morgan fingerprint density at radius 1 is 1.37 bits per heavy atom. The van der Waals surface area contributed by atoms with E-state index in [0.717, 1.165) is 0 Å². The standard InChI is InChI=1S/C20H25N3O4/c1-14(16-5-8-22-17(12-16)13-21)26-18(24)11-15-6-9-23(10-7-15)19(25)27-20(2,3)4/h5,8,12,15H,1,6-7,9-11H2,2-4H3. The third kappa shape index (κ3) is 6.41. The molecule has 0 atom stereocenters. The Morgan fingerprint density at radius 2 is 2.04 bits per heavy atom. The minimum Gasteiger partial charge on any atom is -0.444 e. The average molecular weight is 371 g/mol. The minimum atomic E-state index is -0.517. The molecule has 1 fully saturated rings. The highest BCUT2D eigenvalue weighted by Crippen LogP contribution is 2.24. The van der Waals surface area contributed by atoms with E-state index in [1.807, 2.05) is 26.8 Å². The summed E-state index contributed by atoms with van der Waals surface area (Å²) < 4.78 is 10.7. The van der Waals surface area contributed by atoms with Gasteiger partial charge in [0.25, 0.3) is 0 Å². The summed E-state index contributed by atoms with van der Waals surface area (Å²) in [6, 6.07) is 5.09. The Balaban J connectivity index is 1.80. The van der Waals surface area contributed by atoms with Gasteiger partial charge in [-0.05, 0) is 51.7 Å². The molecule has 27 heavy (non-hydrogen) atoms. The smallest absolute Gasteiger partial charge is 0.410 e. The third-order valence-corrected chi connectivity index (χ3v) is 4.16. The van der Waals surface area contributed by atoms with Gasteiger partial charge in [0.15, 0.2) is 0 Å². The number of carbonyl (C=O) groups is 2. The molecule has 7 nitrogen and oxygen atoms in total. The average Bonchev–Trinajstić information content (AvgIpc) is 2.60. The van der Waals surface area contributed by atoms with Gasteiger partial charge in [0.1, 0.15) is 23.1 Å². The van der Waals surface area contributed by atoms with Crippen LogP contribution in [-0.2, 0) is 14.3 Å². The van der Waals surface area contributed by atoms with Crippen molar-refractivity contribution >= 4 is 17.8 Å². The Hall–Kier alpha value is -2.88. The topological polar surface area (TPSA) is 92.5 Å². The molecule has 2 heterocycles. The molecule has 0 N–H and O–H groups in total. The van der Waals surface area contributed by atoms with Gasteiger partial charge < -0.3 is 14.4 Å². The second kappa shape index (κ2) is 8.67. The van der Waals surface area contributed by atoms with Crippen LogP contribution in [0.25, 0.3) is 5.76 Å². The highest BCUT2D eigenvalue weighted by molar-refractivity contribution is 5.77. The molecule has 1 aliphatic heterocycles. The van der Waals surface area contributed by atoms with Crippen LogP contribution in [0.15, 0.2) is 24.9 Å². The molecule has 0 bridgehead atoms. The third-order valence-electron chi connectivity index (χ3n) is 4.16. The molecule has 1 aliphatic rings. The largest absolute Gasteiger partial charge is 0.444 e. The fourth-order valence-corrected chi connectivity index (χ4v) is 2.78. The number of nitriles is 1. The van der Waals surface area contributed by atoms with Crippen LogP contribution < -0.4 is 0 Å². The number of nitrogens with zero attached hydrogens (tertiary/aromatic N) is 3. The molecule has 0 unspecified atom stereocenters. The molecule has 0 aliphatic carbocycles. The van der Waals surface area contributed by atoms with Crippen molar-refractivity contribution in [3.05, 3.63) is 36.2 Å². The zero-order valence-electron chi connectivity index (χ0n) is 16.0. The Kier molecular flexibility index (Phi) is 6.56. The molecule has 1 amide bonds. The van der Waals surface area contributed by atoms with Gasteiger partial charge >= 0.3 is 12.1 Å². The monoisotopic (exact) mass is 371 g/mol. The van der Waals surface area contributed by atoms with Crippen molar-refractivity contribution in [3.63, 3.8) is 0 Å². The highest BCUT2D eigenvalue weighted by Gasteiger charge is 2.28. The normalized spacial score (nSPS) is 15.0. The maximum atomic E-state index is 12.2. The molecule has 144 valence electrons. The van der Waals surface area contributed by atoms with E-state index in [0.29, 0.717) is 31.5 Å². The van der Waals surface area contributed by atoms with Gasteiger partial charge in [-0.3, -0.25) is 4.79 Å². The van der Waals surface area contributed by atoms with E-state index >= 15 is 0 Å². The van der Waals surface area contributed by atoms with Crippen molar-refractivity contribution in [2.75, 3.05) is 13.1 Å². The van der Waals surface area contributed by atoms with E-state index in [1.165, 1.54) is 12.3 Å². The van der Waals surface area contributed by atoms with E-state index in [-0.39, 0.29) is 35.9 Å². The van der Waals surface area contributed by atoms with Crippen molar-refractivity contribution in [1.29, 1.82) is 5.26 Å². The number of carbonyl (C=O) groups excluding carboxylic acids is 2. The zero-order chi connectivity index (χ0) is 20.0. The van der Waals surface area contributed by atoms with E-state index in [4.69, 9.17) is 14.7 Å². The van der Waals surface area contributed by atoms with Crippen molar-refractivity contribution < 1.29 is 19.1 Å². The first-order valence-corrected chi connectivity index (χ1v) is 8.92. The molecule has 1 saturated heterocycles. The van der Waals surface area contributed by atoms with Gasteiger partial charge in [0.2, 0.25) is 0 Å². The zero-order valence-corrected chi connectivity index (χ0v) is 16.0. The summed E-state index contributed by atoms with van der Waals surface area (Å²) in [5.41, 5.74) is 0.269. The molecule has 0 radical (unpaired) electrons. The first kappa shape index (κ1) is 20.4. The van der Waals surface area contributed by atoms with Crippen LogP contribution in [0.1, 0.15) is 51.3 Å². The molecule has 7 heteroatoms. The Bertz CT molecular complexity index is 753. The van der Waals surface area contributed by atoms with E-state index < -0.39 is 5.60 Å². The molecule has 0 aromatic carbocycles. The SMILES string of the molecule is C=C(OC(=O)CC1CCN(C(=O)OC(C)(C)C)CC1)c1ccnc(C#N)c1. The van der Waals surface area contributed by atoms with Gasteiger partial charge in [-0.25, -0.2) is 9.78 Å². The second-order valence-electron chi connectivity index (χ2n) is 7.55. The molecule has 0 saturated carbocycles. The second-order valence-corrected chi connectivity index (χ2v) is 7.55. The maximum Gasteiger partial charge on any atom is 0.410 e. The van der Waals surface area contributed by atoms with Crippen LogP contribution in [-0.4, -0.2) is 40.6 Å². The van der Waals surface area contributed by atoms with Crippen LogP contribution in [0.2, 0.25) is 0 Å². The summed E-state index contributed by atoms with van der Waals surface area (Å²) in [5, 5.41) is 8.88. The lowest BCUT2D eigenvalue weighted by Crippen LogP contribution is -2.42. The maximum absolute atomic E-state index is 12.2. The Morgan fingerprint density at radius 3 is 2.63 bits per heavy atom. The number of amides is 1. The molecule has 2 rings (SSSR count). The van der Waals surface area contributed by atoms with Crippen molar-refractivity contribution in [3.8, 4) is 6.07 Å². The number of pyridine rings is 1.